The van der Waals surface area contributed by atoms with Crippen molar-refractivity contribution in [1.82, 2.24) is 25.7 Å². The third-order valence-corrected chi connectivity index (χ3v) is 5.38. The van der Waals surface area contributed by atoms with Gasteiger partial charge in [0.05, 0.1) is 42.3 Å². The predicted octanol–water partition coefficient (Wildman–Crippen LogP) is 4.00. The lowest BCUT2D eigenvalue weighted by atomic mass is 10.1. The number of unbranched alkanes of at least 4 members (excludes halogenated alkanes) is 1. The van der Waals surface area contributed by atoms with Crippen molar-refractivity contribution >= 4 is 16.7 Å². The van der Waals surface area contributed by atoms with Crippen molar-refractivity contribution < 1.29 is 32.3 Å². The SMILES string of the molecule is OCc1cc(CNCCCCOCCNc2cc(-c3cnoc3)nc3[nH]ncc23)cc(OC(F)(F)F)c1. The highest BCUT2D eigenvalue weighted by Crippen LogP contribution is 2.27. The van der Waals surface area contributed by atoms with Crippen molar-refractivity contribution in [2.24, 2.45) is 0 Å². The smallest absolute Gasteiger partial charge is 0.406 e. The maximum Gasteiger partial charge on any atom is 0.573 e. The second-order valence-corrected chi connectivity index (χ2v) is 8.21. The Morgan fingerprint density at radius 2 is 1.89 bits per heavy atom. The van der Waals surface area contributed by atoms with Crippen molar-refractivity contribution in [1.29, 1.82) is 0 Å². The zero-order chi connectivity index (χ0) is 26.1. The fourth-order valence-electron chi connectivity index (χ4n) is 3.72. The first-order chi connectivity index (χ1) is 17.9. The normalized spacial score (nSPS) is 11.8. The summed E-state index contributed by atoms with van der Waals surface area (Å²) in [5.74, 6) is -0.340. The van der Waals surface area contributed by atoms with Crippen LogP contribution in [0.25, 0.3) is 22.3 Å². The molecule has 4 aromatic rings. The number of aromatic amines is 1. The molecule has 198 valence electrons. The van der Waals surface area contributed by atoms with E-state index in [2.05, 4.69) is 35.7 Å². The van der Waals surface area contributed by atoms with Gasteiger partial charge in [-0.05, 0) is 48.7 Å². The summed E-state index contributed by atoms with van der Waals surface area (Å²) >= 11 is 0. The van der Waals surface area contributed by atoms with Crippen LogP contribution >= 0.6 is 0 Å². The van der Waals surface area contributed by atoms with Gasteiger partial charge in [-0.1, -0.05) is 11.2 Å². The summed E-state index contributed by atoms with van der Waals surface area (Å²) in [6.07, 6.45) is 1.71. The van der Waals surface area contributed by atoms with Crippen LogP contribution in [0.2, 0.25) is 0 Å². The van der Waals surface area contributed by atoms with Crippen LogP contribution in [-0.2, 0) is 17.9 Å². The number of nitrogens with zero attached hydrogens (tertiary/aromatic N) is 3. The third-order valence-electron chi connectivity index (χ3n) is 5.38. The molecule has 0 bridgehead atoms. The minimum Gasteiger partial charge on any atom is -0.406 e. The van der Waals surface area contributed by atoms with E-state index in [1.807, 2.05) is 6.07 Å². The van der Waals surface area contributed by atoms with Gasteiger partial charge in [-0.3, -0.25) is 5.10 Å². The topological polar surface area (TPSA) is 130 Å². The first kappa shape index (κ1) is 26.4. The maximum atomic E-state index is 12.5. The summed E-state index contributed by atoms with van der Waals surface area (Å²) in [5, 5.41) is 27.3. The number of hydrogen-bond acceptors (Lipinski definition) is 9. The van der Waals surface area contributed by atoms with Gasteiger partial charge in [0, 0.05) is 25.4 Å². The molecule has 13 heteroatoms. The standard InChI is InChI=1S/C24H27F3N6O4/c25-24(26,27)37-19-8-16(7-17(9-19)14-34)11-28-3-1-2-5-35-6-4-29-22-10-21(18-12-31-36-15-18)32-23-20(22)13-30-33-23/h7-10,12-13,15,28,34H,1-6,11,14H2,(H2,29,30,32,33). The van der Waals surface area contributed by atoms with Crippen LogP contribution in [0.3, 0.4) is 0 Å². The van der Waals surface area contributed by atoms with Crippen LogP contribution in [0.15, 0.2) is 47.4 Å². The lowest BCUT2D eigenvalue weighted by Crippen LogP contribution is -2.18. The van der Waals surface area contributed by atoms with Crippen LogP contribution in [0.1, 0.15) is 24.0 Å². The Balaban J connectivity index is 1.13. The molecule has 0 spiro atoms. The van der Waals surface area contributed by atoms with E-state index in [0.29, 0.717) is 55.3 Å². The number of halogens is 3. The molecule has 4 N–H and O–H groups in total. The molecule has 10 nitrogen and oxygen atoms in total. The Labute approximate surface area is 210 Å². The summed E-state index contributed by atoms with van der Waals surface area (Å²) < 4.78 is 52.0. The number of alkyl halides is 3. The monoisotopic (exact) mass is 520 g/mol. The van der Waals surface area contributed by atoms with E-state index in [0.717, 1.165) is 29.5 Å². The van der Waals surface area contributed by atoms with Gasteiger partial charge in [0.15, 0.2) is 5.65 Å². The van der Waals surface area contributed by atoms with Crippen LogP contribution in [0.5, 0.6) is 5.75 Å². The van der Waals surface area contributed by atoms with Crippen molar-refractivity contribution in [3.05, 3.63) is 54.0 Å². The number of rotatable bonds is 14. The molecule has 0 atom stereocenters. The number of anilines is 1. The molecular formula is C24H27F3N6O4. The number of ether oxygens (including phenoxy) is 2. The highest BCUT2D eigenvalue weighted by atomic mass is 19.4. The second kappa shape index (κ2) is 12.5. The average molecular weight is 521 g/mol. The second-order valence-electron chi connectivity index (χ2n) is 8.21. The van der Waals surface area contributed by atoms with E-state index in [-0.39, 0.29) is 12.4 Å². The number of H-pyrrole nitrogens is 1. The summed E-state index contributed by atoms with van der Waals surface area (Å²) in [6.45, 7) is 2.34. The van der Waals surface area contributed by atoms with Crippen molar-refractivity contribution in [2.45, 2.75) is 32.4 Å². The van der Waals surface area contributed by atoms with E-state index in [4.69, 9.17) is 9.26 Å². The third kappa shape index (κ3) is 7.90. The van der Waals surface area contributed by atoms with E-state index < -0.39 is 6.36 Å². The number of aromatic nitrogens is 4. The molecule has 0 amide bonds. The highest BCUT2D eigenvalue weighted by Gasteiger charge is 2.31. The van der Waals surface area contributed by atoms with E-state index in [1.165, 1.54) is 18.4 Å². The van der Waals surface area contributed by atoms with Gasteiger partial charge in [-0.15, -0.1) is 13.2 Å². The molecule has 0 unspecified atom stereocenters. The fourth-order valence-corrected chi connectivity index (χ4v) is 3.72. The lowest BCUT2D eigenvalue weighted by molar-refractivity contribution is -0.274. The summed E-state index contributed by atoms with van der Waals surface area (Å²) in [4.78, 5) is 4.52. The van der Waals surface area contributed by atoms with Crippen molar-refractivity contribution in [2.75, 3.05) is 31.6 Å². The Bertz CT molecular complexity index is 1260. The molecule has 3 aromatic heterocycles. The molecule has 0 radical (unpaired) electrons. The summed E-state index contributed by atoms with van der Waals surface area (Å²) in [5.41, 5.74) is 3.96. The fraction of sp³-hybridized carbons (Fsp3) is 0.375. The molecule has 0 aliphatic rings. The minimum atomic E-state index is -4.78. The molecule has 0 fully saturated rings. The van der Waals surface area contributed by atoms with Crippen LogP contribution in [0, 0.1) is 0 Å². The van der Waals surface area contributed by atoms with E-state index in [1.54, 1.807) is 18.5 Å². The summed E-state index contributed by atoms with van der Waals surface area (Å²) in [7, 11) is 0. The molecule has 0 saturated heterocycles. The minimum absolute atomic E-state index is 0.340. The van der Waals surface area contributed by atoms with Gasteiger partial charge in [0.2, 0.25) is 0 Å². The van der Waals surface area contributed by atoms with E-state index >= 15 is 0 Å². The molecule has 1 aromatic carbocycles. The lowest BCUT2D eigenvalue weighted by Gasteiger charge is -2.12. The average Bonchev–Trinajstić information content (AvgIpc) is 3.56. The molecule has 37 heavy (non-hydrogen) atoms. The maximum absolute atomic E-state index is 12.5. The number of aliphatic hydroxyl groups excluding tert-OH is 1. The van der Waals surface area contributed by atoms with Crippen LogP contribution < -0.4 is 15.4 Å². The van der Waals surface area contributed by atoms with Gasteiger partial charge in [0.1, 0.15) is 12.0 Å². The molecule has 0 aliphatic heterocycles. The predicted molar refractivity (Wildman–Crippen MR) is 129 cm³/mol. The molecular weight excluding hydrogens is 493 g/mol. The highest BCUT2D eigenvalue weighted by molar-refractivity contribution is 5.91. The Morgan fingerprint density at radius 3 is 2.68 bits per heavy atom. The first-order valence-corrected chi connectivity index (χ1v) is 11.7. The number of benzene rings is 1. The van der Waals surface area contributed by atoms with Crippen LogP contribution in [0.4, 0.5) is 18.9 Å². The zero-order valence-corrected chi connectivity index (χ0v) is 19.8. The first-order valence-electron chi connectivity index (χ1n) is 11.7. The molecule has 3 heterocycles. The number of fused-ring (bicyclic) bond motifs is 1. The Kier molecular flexibility index (Phi) is 8.93. The number of pyridine rings is 1. The summed E-state index contributed by atoms with van der Waals surface area (Å²) in [6, 6.07) is 6.03. The van der Waals surface area contributed by atoms with Gasteiger partial charge >= 0.3 is 6.36 Å². The number of aliphatic hydroxyl groups is 1. The van der Waals surface area contributed by atoms with Crippen LogP contribution in [-0.4, -0.2) is 58.1 Å². The molecule has 4 rings (SSSR count). The molecule has 0 saturated carbocycles. The van der Waals surface area contributed by atoms with Crippen molar-refractivity contribution in [3.63, 3.8) is 0 Å². The van der Waals surface area contributed by atoms with Gasteiger partial charge in [-0.2, -0.15) is 5.10 Å². The van der Waals surface area contributed by atoms with Gasteiger partial charge in [0.25, 0.3) is 0 Å². The Morgan fingerprint density at radius 1 is 1.03 bits per heavy atom. The van der Waals surface area contributed by atoms with Crippen molar-refractivity contribution in [3.8, 4) is 17.0 Å². The molecule has 0 aliphatic carbocycles. The van der Waals surface area contributed by atoms with Gasteiger partial charge < -0.3 is 29.7 Å². The number of hydrogen-bond donors (Lipinski definition) is 4. The largest absolute Gasteiger partial charge is 0.573 e. The zero-order valence-electron chi connectivity index (χ0n) is 19.8. The van der Waals surface area contributed by atoms with Gasteiger partial charge in [-0.25, -0.2) is 4.98 Å². The van der Waals surface area contributed by atoms with E-state index in [9.17, 15) is 18.3 Å². The Hall–Kier alpha value is -3.68. The number of nitrogens with one attached hydrogen (secondary N) is 3. The quantitative estimate of drug-likeness (QED) is 0.182.